The highest BCUT2D eigenvalue weighted by atomic mass is 16.5. The van der Waals surface area contributed by atoms with E-state index < -0.39 is 12.2 Å². The van der Waals surface area contributed by atoms with Gasteiger partial charge in [-0.25, -0.2) is 0 Å². The number of aliphatic hydroxyl groups is 2. The van der Waals surface area contributed by atoms with Crippen LogP contribution in [0.15, 0.2) is 24.3 Å². The molecule has 7 nitrogen and oxygen atoms in total. The van der Waals surface area contributed by atoms with E-state index in [0.29, 0.717) is 17.9 Å². The second-order valence-corrected chi connectivity index (χ2v) is 6.91. The van der Waals surface area contributed by atoms with Gasteiger partial charge in [-0.2, -0.15) is 0 Å². The van der Waals surface area contributed by atoms with E-state index >= 15 is 0 Å². The van der Waals surface area contributed by atoms with E-state index in [1.54, 1.807) is 31.4 Å². The third-order valence-electron chi connectivity index (χ3n) is 5.27. The summed E-state index contributed by atoms with van der Waals surface area (Å²) in [5.74, 6) is 0.496. The van der Waals surface area contributed by atoms with Crippen molar-refractivity contribution < 1.29 is 24.5 Å². The quantitative estimate of drug-likeness (QED) is 0.677. The monoisotopic (exact) mass is 364 g/mol. The average molecular weight is 364 g/mol. The van der Waals surface area contributed by atoms with Gasteiger partial charge in [-0.15, -0.1) is 0 Å². The highest BCUT2D eigenvalue weighted by Gasteiger charge is 2.46. The zero-order chi connectivity index (χ0) is 18.5. The van der Waals surface area contributed by atoms with Crippen LogP contribution in [0.2, 0.25) is 0 Å². The molecule has 0 aliphatic carbocycles. The molecule has 2 heterocycles. The highest BCUT2D eigenvalue weighted by molar-refractivity contribution is 5.94. The number of nitrogens with one attached hydrogen (secondary N) is 1. The lowest BCUT2D eigenvalue weighted by Gasteiger charge is -2.36. The zero-order valence-electron chi connectivity index (χ0n) is 15.1. The summed E-state index contributed by atoms with van der Waals surface area (Å²) in [4.78, 5) is 14.6. The van der Waals surface area contributed by atoms with E-state index in [2.05, 4.69) is 10.2 Å². The summed E-state index contributed by atoms with van der Waals surface area (Å²) in [5.41, 5.74) is 0.539. The summed E-state index contributed by atoms with van der Waals surface area (Å²) in [6, 6.07) is 6.68. The number of nitrogens with zero attached hydrogens (tertiary/aromatic N) is 1. The minimum atomic E-state index is -0.749. The predicted molar refractivity (Wildman–Crippen MR) is 96.3 cm³/mol. The number of ether oxygens (including phenoxy) is 2. The van der Waals surface area contributed by atoms with Crippen LogP contribution in [0.1, 0.15) is 29.6 Å². The van der Waals surface area contributed by atoms with Crippen molar-refractivity contribution in [3.63, 3.8) is 0 Å². The van der Waals surface area contributed by atoms with E-state index in [9.17, 15) is 15.0 Å². The first-order valence-corrected chi connectivity index (χ1v) is 9.24. The molecule has 2 saturated heterocycles. The Balaban J connectivity index is 1.62. The van der Waals surface area contributed by atoms with Crippen LogP contribution in [0.25, 0.3) is 0 Å². The molecular weight excluding hydrogens is 336 g/mol. The van der Waals surface area contributed by atoms with Crippen LogP contribution in [0.4, 0.5) is 0 Å². The number of hydrogen-bond acceptors (Lipinski definition) is 6. The molecule has 0 saturated carbocycles. The molecule has 26 heavy (non-hydrogen) atoms. The maximum Gasteiger partial charge on any atom is 0.251 e. The first kappa shape index (κ1) is 19.1. The number of aliphatic hydroxyl groups excluding tert-OH is 2. The Bertz CT molecular complexity index is 588. The van der Waals surface area contributed by atoms with Gasteiger partial charge in [0, 0.05) is 12.1 Å². The molecule has 0 unspecified atom stereocenters. The summed E-state index contributed by atoms with van der Waals surface area (Å²) in [5, 5.41) is 22.9. The minimum absolute atomic E-state index is 0.199. The molecule has 2 aliphatic rings. The Hall–Kier alpha value is -1.67. The van der Waals surface area contributed by atoms with Crippen molar-refractivity contribution >= 4 is 5.91 Å². The van der Waals surface area contributed by atoms with Crippen molar-refractivity contribution in [1.82, 2.24) is 10.2 Å². The van der Waals surface area contributed by atoms with Crippen LogP contribution in [0.5, 0.6) is 5.75 Å². The fourth-order valence-corrected chi connectivity index (χ4v) is 3.85. The van der Waals surface area contributed by atoms with Gasteiger partial charge in [0.15, 0.2) is 0 Å². The first-order chi connectivity index (χ1) is 12.6. The van der Waals surface area contributed by atoms with Gasteiger partial charge in [-0.05, 0) is 50.2 Å². The summed E-state index contributed by atoms with van der Waals surface area (Å²) < 4.78 is 10.9. The zero-order valence-corrected chi connectivity index (χ0v) is 15.1. The molecular formula is C19H28N2O5. The molecule has 0 spiro atoms. The molecule has 2 fully saturated rings. The highest BCUT2D eigenvalue weighted by Crippen LogP contribution is 2.28. The Morgan fingerprint density at radius 2 is 1.92 bits per heavy atom. The smallest absolute Gasteiger partial charge is 0.251 e. The van der Waals surface area contributed by atoms with E-state index in [4.69, 9.17) is 9.47 Å². The Morgan fingerprint density at radius 3 is 2.54 bits per heavy atom. The number of rotatable bonds is 6. The standard InChI is InChI=1S/C19H28N2O5/c1-25-14-7-5-13(6-8-14)19(24)20-11-15-17(18(23)16(12-22)26-15)21-9-3-2-4-10-21/h5-8,15-18,22-23H,2-4,9-12H2,1H3,(H,20,24)/t15-,16-,17-,18+/m0/s1. The summed E-state index contributed by atoms with van der Waals surface area (Å²) >= 11 is 0. The number of carbonyl (C=O) groups excluding carboxylic acids is 1. The van der Waals surface area contributed by atoms with Crippen LogP contribution in [0, 0.1) is 0 Å². The van der Waals surface area contributed by atoms with Crippen molar-refractivity contribution in [2.24, 2.45) is 0 Å². The van der Waals surface area contributed by atoms with E-state index in [-0.39, 0.29) is 24.7 Å². The van der Waals surface area contributed by atoms with Gasteiger partial charge in [-0.3, -0.25) is 9.69 Å². The lowest BCUT2D eigenvalue weighted by molar-refractivity contribution is -0.0209. The van der Waals surface area contributed by atoms with Gasteiger partial charge in [0.25, 0.3) is 5.91 Å². The minimum Gasteiger partial charge on any atom is -0.497 e. The molecule has 0 bridgehead atoms. The van der Waals surface area contributed by atoms with Gasteiger partial charge in [0.1, 0.15) is 18.0 Å². The maximum absolute atomic E-state index is 12.4. The van der Waals surface area contributed by atoms with Crippen LogP contribution >= 0.6 is 0 Å². The summed E-state index contributed by atoms with van der Waals surface area (Å²) in [6.45, 7) is 1.88. The molecule has 1 aromatic carbocycles. The van der Waals surface area contributed by atoms with Crippen molar-refractivity contribution in [1.29, 1.82) is 0 Å². The molecule has 3 N–H and O–H groups in total. The van der Waals surface area contributed by atoms with Gasteiger partial charge < -0.3 is 25.0 Å². The summed E-state index contributed by atoms with van der Waals surface area (Å²) in [7, 11) is 1.58. The summed E-state index contributed by atoms with van der Waals surface area (Å²) in [6.07, 6.45) is 1.69. The largest absolute Gasteiger partial charge is 0.497 e. The SMILES string of the molecule is COc1ccc(C(=O)NC[C@@H]2O[C@@H](CO)[C@@H](O)[C@H]2N2CCCCC2)cc1. The normalized spacial score (nSPS) is 29.5. The third kappa shape index (κ3) is 4.17. The Morgan fingerprint density at radius 1 is 1.23 bits per heavy atom. The van der Waals surface area contributed by atoms with Crippen molar-refractivity contribution in [3.8, 4) is 5.75 Å². The lowest BCUT2D eigenvalue weighted by Crippen LogP contribution is -2.52. The van der Waals surface area contributed by atoms with Crippen LogP contribution in [0.3, 0.4) is 0 Å². The topological polar surface area (TPSA) is 91.3 Å². The Labute approximate surface area is 153 Å². The van der Waals surface area contributed by atoms with E-state index in [1.165, 1.54) is 6.42 Å². The second-order valence-electron chi connectivity index (χ2n) is 6.91. The maximum atomic E-state index is 12.4. The van der Waals surface area contributed by atoms with Crippen molar-refractivity contribution in [2.45, 2.75) is 43.6 Å². The molecule has 3 rings (SSSR count). The van der Waals surface area contributed by atoms with Crippen LogP contribution < -0.4 is 10.1 Å². The molecule has 2 aliphatic heterocycles. The lowest BCUT2D eigenvalue weighted by atomic mass is 9.99. The van der Waals surface area contributed by atoms with Crippen LogP contribution in [-0.2, 0) is 4.74 Å². The number of hydrogen-bond donors (Lipinski definition) is 3. The van der Waals surface area contributed by atoms with Crippen molar-refractivity contribution in [2.75, 3.05) is 33.4 Å². The molecule has 144 valence electrons. The van der Waals surface area contributed by atoms with Gasteiger partial charge in [-0.1, -0.05) is 6.42 Å². The number of piperidine rings is 1. The first-order valence-electron chi connectivity index (χ1n) is 9.24. The third-order valence-corrected chi connectivity index (χ3v) is 5.27. The number of amides is 1. The fourth-order valence-electron chi connectivity index (χ4n) is 3.85. The number of likely N-dealkylation sites (tertiary alicyclic amines) is 1. The molecule has 1 aromatic rings. The van der Waals surface area contributed by atoms with Crippen molar-refractivity contribution in [3.05, 3.63) is 29.8 Å². The van der Waals surface area contributed by atoms with E-state index in [1.807, 2.05) is 0 Å². The number of benzene rings is 1. The molecule has 1 amide bonds. The fraction of sp³-hybridized carbons (Fsp3) is 0.632. The van der Waals surface area contributed by atoms with Crippen LogP contribution in [-0.4, -0.2) is 78.7 Å². The molecule has 0 radical (unpaired) electrons. The van der Waals surface area contributed by atoms with Gasteiger partial charge in [0.2, 0.25) is 0 Å². The van der Waals surface area contributed by atoms with Gasteiger partial charge >= 0.3 is 0 Å². The Kier molecular flexibility index (Phi) is 6.48. The molecule has 4 atom stereocenters. The predicted octanol–water partition coefficient (Wildman–Crippen LogP) is 0.400. The molecule has 0 aromatic heterocycles. The van der Waals surface area contributed by atoms with Gasteiger partial charge in [0.05, 0.1) is 25.9 Å². The molecule has 7 heteroatoms. The average Bonchev–Trinajstić information content (AvgIpc) is 3.02. The number of methoxy groups -OCH3 is 1. The second kappa shape index (κ2) is 8.81. The van der Waals surface area contributed by atoms with E-state index in [0.717, 1.165) is 25.9 Å². The number of carbonyl (C=O) groups is 1.